The molecule has 0 heterocycles. The second-order valence-corrected chi connectivity index (χ2v) is 4.24. The number of rotatable bonds is 2. The third-order valence-electron chi connectivity index (χ3n) is 2.90. The Kier molecular flexibility index (Phi) is 3.76. The molecule has 1 nitrogen and oxygen atoms in total. The maximum Gasteiger partial charge on any atom is 0.416 e. The van der Waals surface area contributed by atoms with Crippen LogP contribution in [0.3, 0.4) is 0 Å². The van der Waals surface area contributed by atoms with Crippen LogP contribution in [-0.2, 0) is 6.18 Å². The third kappa shape index (κ3) is 2.80. The summed E-state index contributed by atoms with van der Waals surface area (Å²) < 4.78 is 64.6. The highest BCUT2D eigenvalue weighted by atomic mass is 19.4. The number of nitrogens with two attached hydrogens (primary N) is 1. The largest absolute Gasteiger partial charge is 0.416 e. The molecule has 0 amide bonds. The summed E-state index contributed by atoms with van der Waals surface area (Å²) in [5, 5.41) is 0. The van der Waals surface area contributed by atoms with Gasteiger partial charge in [-0.2, -0.15) is 13.2 Å². The van der Waals surface area contributed by atoms with Crippen LogP contribution in [0.4, 0.5) is 22.0 Å². The van der Waals surface area contributed by atoms with Gasteiger partial charge in [-0.25, -0.2) is 8.78 Å². The maximum atomic E-state index is 13.1. The van der Waals surface area contributed by atoms with E-state index in [2.05, 4.69) is 0 Å². The van der Waals surface area contributed by atoms with E-state index < -0.39 is 29.4 Å². The van der Waals surface area contributed by atoms with Gasteiger partial charge < -0.3 is 5.73 Å². The van der Waals surface area contributed by atoms with E-state index in [-0.39, 0.29) is 11.1 Å². The van der Waals surface area contributed by atoms with Crippen molar-refractivity contribution in [3.8, 4) is 0 Å². The molecule has 6 heteroatoms. The first kappa shape index (κ1) is 14.5. The van der Waals surface area contributed by atoms with E-state index in [0.29, 0.717) is 0 Å². The number of hydrogen-bond acceptors (Lipinski definition) is 1. The first-order valence-electron chi connectivity index (χ1n) is 5.67. The second kappa shape index (κ2) is 5.20. The molecule has 0 saturated carbocycles. The zero-order valence-electron chi connectivity index (χ0n) is 10.1. The topological polar surface area (TPSA) is 26.0 Å². The number of benzene rings is 2. The molecule has 0 aliphatic heterocycles. The summed E-state index contributed by atoms with van der Waals surface area (Å²) in [5.41, 5.74) is 4.73. The van der Waals surface area contributed by atoms with Crippen molar-refractivity contribution in [2.24, 2.45) is 5.73 Å². The highest BCUT2D eigenvalue weighted by Gasteiger charge is 2.34. The van der Waals surface area contributed by atoms with Gasteiger partial charge in [-0.1, -0.05) is 24.3 Å². The van der Waals surface area contributed by atoms with Crippen LogP contribution in [0.15, 0.2) is 42.5 Å². The Morgan fingerprint density at radius 1 is 0.900 bits per heavy atom. The molecule has 0 fully saturated rings. The summed E-state index contributed by atoms with van der Waals surface area (Å²) in [5.74, 6) is -2.23. The smallest absolute Gasteiger partial charge is 0.320 e. The van der Waals surface area contributed by atoms with Gasteiger partial charge in [0.1, 0.15) is 0 Å². The zero-order chi connectivity index (χ0) is 14.9. The Labute approximate surface area is 111 Å². The summed E-state index contributed by atoms with van der Waals surface area (Å²) in [6.07, 6.45) is -4.56. The van der Waals surface area contributed by atoms with Crippen LogP contribution in [0.1, 0.15) is 22.7 Å². The molecule has 0 saturated heterocycles. The molecule has 2 rings (SSSR count). The van der Waals surface area contributed by atoms with Crippen LogP contribution < -0.4 is 5.73 Å². The Morgan fingerprint density at radius 2 is 1.55 bits per heavy atom. The van der Waals surface area contributed by atoms with Crippen molar-refractivity contribution in [2.75, 3.05) is 0 Å². The minimum absolute atomic E-state index is 0.0700. The molecule has 0 aliphatic rings. The lowest BCUT2D eigenvalue weighted by Crippen LogP contribution is -2.18. The van der Waals surface area contributed by atoms with E-state index in [9.17, 15) is 22.0 Å². The molecule has 2 aromatic carbocycles. The lowest BCUT2D eigenvalue weighted by atomic mass is 9.95. The van der Waals surface area contributed by atoms with E-state index in [4.69, 9.17) is 5.73 Å². The van der Waals surface area contributed by atoms with Crippen LogP contribution >= 0.6 is 0 Å². The Balaban J connectivity index is 2.48. The van der Waals surface area contributed by atoms with E-state index in [1.165, 1.54) is 18.2 Å². The van der Waals surface area contributed by atoms with Crippen molar-refractivity contribution in [2.45, 2.75) is 12.2 Å². The van der Waals surface area contributed by atoms with Gasteiger partial charge in [-0.05, 0) is 29.3 Å². The van der Waals surface area contributed by atoms with Gasteiger partial charge in [-0.15, -0.1) is 0 Å². The molecule has 1 unspecified atom stereocenters. The van der Waals surface area contributed by atoms with E-state index in [1.54, 1.807) is 0 Å². The lowest BCUT2D eigenvalue weighted by Gasteiger charge is -2.18. The maximum absolute atomic E-state index is 13.1. The summed E-state index contributed by atoms with van der Waals surface area (Å²) in [6.45, 7) is 0. The molecule has 2 N–H and O–H groups in total. The molecular weight excluding hydrogens is 277 g/mol. The van der Waals surface area contributed by atoms with Gasteiger partial charge in [0.2, 0.25) is 0 Å². The number of alkyl halides is 3. The van der Waals surface area contributed by atoms with Gasteiger partial charge in [0.15, 0.2) is 11.6 Å². The van der Waals surface area contributed by atoms with Crippen LogP contribution in [-0.4, -0.2) is 0 Å². The SMILES string of the molecule is NC(c1ccc(F)c(F)c1)c1ccccc1C(F)(F)F. The normalized spacial score (nSPS) is 13.3. The molecule has 2 aromatic rings. The second-order valence-electron chi connectivity index (χ2n) is 4.24. The Morgan fingerprint density at radius 3 is 2.15 bits per heavy atom. The molecule has 106 valence electrons. The van der Waals surface area contributed by atoms with E-state index >= 15 is 0 Å². The van der Waals surface area contributed by atoms with Crippen molar-refractivity contribution in [3.05, 3.63) is 70.8 Å². The van der Waals surface area contributed by atoms with Gasteiger partial charge in [-0.3, -0.25) is 0 Å². The number of halogens is 5. The van der Waals surface area contributed by atoms with Crippen LogP contribution in [0.2, 0.25) is 0 Å². The minimum Gasteiger partial charge on any atom is -0.320 e. The first-order valence-corrected chi connectivity index (χ1v) is 5.67. The minimum atomic E-state index is -4.56. The number of hydrogen-bond donors (Lipinski definition) is 1. The van der Waals surface area contributed by atoms with Crippen molar-refractivity contribution in [1.82, 2.24) is 0 Å². The quantitative estimate of drug-likeness (QED) is 0.829. The predicted molar refractivity (Wildman–Crippen MR) is 63.8 cm³/mol. The summed E-state index contributed by atoms with van der Waals surface area (Å²) in [7, 11) is 0. The van der Waals surface area contributed by atoms with Crippen LogP contribution in [0.5, 0.6) is 0 Å². The fraction of sp³-hybridized carbons (Fsp3) is 0.143. The zero-order valence-corrected chi connectivity index (χ0v) is 10.1. The van der Waals surface area contributed by atoms with Gasteiger partial charge >= 0.3 is 6.18 Å². The summed E-state index contributed by atoms with van der Waals surface area (Å²) in [4.78, 5) is 0. The Bertz CT molecular complexity index is 621. The molecule has 1 atom stereocenters. The van der Waals surface area contributed by atoms with Crippen molar-refractivity contribution >= 4 is 0 Å². The molecule has 0 radical (unpaired) electrons. The first-order chi connectivity index (χ1) is 9.30. The van der Waals surface area contributed by atoms with E-state index in [1.807, 2.05) is 0 Å². The lowest BCUT2D eigenvalue weighted by molar-refractivity contribution is -0.138. The standard InChI is InChI=1S/C14H10F5N/c15-11-6-5-8(7-12(11)16)13(20)9-3-1-2-4-10(9)14(17,18)19/h1-7,13H,20H2. The molecule has 0 spiro atoms. The van der Waals surface area contributed by atoms with Crippen molar-refractivity contribution in [1.29, 1.82) is 0 Å². The average Bonchev–Trinajstić information content (AvgIpc) is 2.40. The molecule has 0 aliphatic carbocycles. The van der Waals surface area contributed by atoms with Crippen LogP contribution in [0.25, 0.3) is 0 Å². The summed E-state index contributed by atoms with van der Waals surface area (Å²) in [6, 6.07) is 6.37. The molecule has 0 aromatic heterocycles. The fourth-order valence-corrected chi connectivity index (χ4v) is 1.91. The van der Waals surface area contributed by atoms with Gasteiger partial charge in [0.05, 0.1) is 11.6 Å². The van der Waals surface area contributed by atoms with Crippen molar-refractivity contribution < 1.29 is 22.0 Å². The predicted octanol–water partition coefficient (Wildman–Crippen LogP) is 4.03. The third-order valence-corrected chi connectivity index (χ3v) is 2.90. The molecular formula is C14H10F5N. The monoisotopic (exact) mass is 287 g/mol. The molecule has 0 bridgehead atoms. The van der Waals surface area contributed by atoms with Crippen molar-refractivity contribution in [3.63, 3.8) is 0 Å². The molecule has 20 heavy (non-hydrogen) atoms. The van der Waals surface area contributed by atoms with E-state index in [0.717, 1.165) is 24.3 Å². The van der Waals surface area contributed by atoms with Crippen LogP contribution in [0, 0.1) is 11.6 Å². The average molecular weight is 287 g/mol. The highest BCUT2D eigenvalue weighted by Crippen LogP contribution is 2.35. The summed E-state index contributed by atoms with van der Waals surface area (Å²) >= 11 is 0. The fourth-order valence-electron chi connectivity index (χ4n) is 1.91. The van der Waals surface area contributed by atoms with Gasteiger partial charge in [0, 0.05) is 0 Å². The highest BCUT2D eigenvalue weighted by molar-refractivity contribution is 5.38. The Hall–Kier alpha value is -1.95. The van der Waals surface area contributed by atoms with Gasteiger partial charge in [0.25, 0.3) is 0 Å².